The summed E-state index contributed by atoms with van der Waals surface area (Å²) in [7, 11) is 0. The van der Waals surface area contributed by atoms with E-state index in [1.54, 1.807) is 13.8 Å². The van der Waals surface area contributed by atoms with E-state index >= 15 is 0 Å². The smallest absolute Gasteiger partial charge is 0.481 e. The van der Waals surface area contributed by atoms with Crippen molar-refractivity contribution in [3.05, 3.63) is 43.3 Å². The molecule has 0 heterocycles. The number of aliphatic carboxylic acids is 1. The Morgan fingerprint density at radius 3 is 1.71 bits per heavy atom. The Kier molecular flexibility index (Phi) is 26.0. The Morgan fingerprint density at radius 1 is 1.29 bits per heavy atom. The van der Waals surface area contributed by atoms with Crippen LogP contribution in [0.4, 0.5) is 0 Å². The monoisotopic (exact) mass is 220 g/mol. The average Bonchev–Trinajstić information content (AvgIpc) is 2.24. The first-order chi connectivity index (χ1) is 6.27. The zero-order chi connectivity index (χ0) is 10.5. The second kappa shape index (κ2) is 18.7. The molecule has 1 N–H and O–H groups in total. The van der Waals surface area contributed by atoms with Gasteiger partial charge in [0.15, 0.2) is 0 Å². The van der Waals surface area contributed by atoms with Crippen LogP contribution in [0.15, 0.2) is 30.3 Å². The van der Waals surface area contributed by atoms with Crippen LogP contribution in [-0.4, -0.2) is 48.8 Å². The molecule has 0 aromatic heterocycles. The van der Waals surface area contributed by atoms with Crippen LogP contribution >= 0.6 is 0 Å². The van der Waals surface area contributed by atoms with Crippen molar-refractivity contribution in [2.45, 2.75) is 20.3 Å². The van der Waals surface area contributed by atoms with Gasteiger partial charge < -0.3 is 12.0 Å². The molecule has 1 aromatic rings. The van der Waals surface area contributed by atoms with Gasteiger partial charge in [0.1, 0.15) is 0 Å². The van der Waals surface area contributed by atoms with E-state index in [9.17, 15) is 4.79 Å². The molecule has 14 heavy (non-hydrogen) atoms. The molecule has 1 rings (SSSR count). The molecule has 2 nitrogen and oxygen atoms in total. The Balaban J connectivity index is -0.000000141. The quantitative estimate of drug-likeness (QED) is 0.583. The fourth-order valence-electron chi connectivity index (χ4n) is 0.342. The SMILES string of the molecule is CCC(=O)O.[CH2-]C.[Ca+2].[c-]1ccccc1. The van der Waals surface area contributed by atoms with E-state index in [1.165, 1.54) is 0 Å². The van der Waals surface area contributed by atoms with E-state index in [4.69, 9.17) is 5.11 Å². The van der Waals surface area contributed by atoms with Gasteiger partial charge in [-0.1, -0.05) is 6.92 Å². The van der Waals surface area contributed by atoms with E-state index in [1.807, 2.05) is 30.3 Å². The van der Waals surface area contributed by atoms with Gasteiger partial charge in [0.05, 0.1) is 0 Å². The van der Waals surface area contributed by atoms with E-state index in [0.717, 1.165) is 0 Å². The summed E-state index contributed by atoms with van der Waals surface area (Å²) < 4.78 is 0. The molecule has 1 aromatic carbocycles. The molecule has 0 aliphatic heterocycles. The van der Waals surface area contributed by atoms with Gasteiger partial charge in [-0.15, -0.1) is 0 Å². The summed E-state index contributed by atoms with van der Waals surface area (Å²) >= 11 is 0. The van der Waals surface area contributed by atoms with Gasteiger partial charge >= 0.3 is 43.7 Å². The molecule has 0 spiro atoms. The summed E-state index contributed by atoms with van der Waals surface area (Å²) in [5, 5.41) is 7.72. The van der Waals surface area contributed by atoms with Crippen molar-refractivity contribution < 1.29 is 9.90 Å². The summed E-state index contributed by atoms with van der Waals surface area (Å²) in [6.45, 7) is 6.60. The molecule has 0 fully saturated rings. The standard InChI is InChI=1S/C6H5.C3H6O2.C2H5.Ca/c1-2-4-6-5-3-1;1-2-3(4)5;1-2;/h1-5H;2H2,1H3,(H,4,5);1H2,2H3;/q-1;;-1;+2. The molecule has 0 aliphatic carbocycles. The van der Waals surface area contributed by atoms with Crippen LogP contribution in [0.1, 0.15) is 20.3 Å². The van der Waals surface area contributed by atoms with Crippen LogP contribution in [0.5, 0.6) is 0 Å². The van der Waals surface area contributed by atoms with Crippen molar-refractivity contribution in [1.29, 1.82) is 0 Å². The van der Waals surface area contributed by atoms with Crippen LogP contribution in [0.25, 0.3) is 0 Å². The molecule has 3 heteroatoms. The van der Waals surface area contributed by atoms with Crippen molar-refractivity contribution in [3.63, 3.8) is 0 Å². The van der Waals surface area contributed by atoms with Crippen LogP contribution in [-0.2, 0) is 4.79 Å². The minimum Gasteiger partial charge on any atom is -0.481 e. The summed E-state index contributed by atoms with van der Waals surface area (Å²) in [5.74, 6) is -0.745. The maximum absolute atomic E-state index is 9.37. The van der Waals surface area contributed by atoms with E-state index < -0.39 is 5.97 Å². The molecular weight excluding hydrogens is 204 g/mol. The third-order valence-electron chi connectivity index (χ3n) is 0.910. The van der Waals surface area contributed by atoms with Gasteiger partial charge in [-0.2, -0.15) is 43.3 Å². The summed E-state index contributed by atoms with van der Waals surface area (Å²) in [4.78, 5) is 9.37. The minimum absolute atomic E-state index is 0. The Bertz CT molecular complexity index is 161. The number of carboxylic acids is 1. The van der Waals surface area contributed by atoms with Gasteiger partial charge in [0, 0.05) is 6.42 Å². The molecule has 0 radical (unpaired) electrons. The largest absolute Gasteiger partial charge is 2.00 e. The number of rotatable bonds is 1. The van der Waals surface area contributed by atoms with Gasteiger partial charge in [-0.05, 0) is 0 Å². The normalized spacial score (nSPS) is 6.50. The molecule has 0 bridgehead atoms. The van der Waals surface area contributed by atoms with Crippen molar-refractivity contribution >= 4 is 43.7 Å². The Morgan fingerprint density at radius 2 is 1.64 bits per heavy atom. The molecule has 0 amide bonds. The maximum Gasteiger partial charge on any atom is 2.00 e. The molecule has 0 saturated heterocycles. The van der Waals surface area contributed by atoms with Crippen molar-refractivity contribution in [2.75, 3.05) is 0 Å². The predicted molar refractivity (Wildman–Crippen MR) is 60.0 cm³/mol. The van der Waals surface area contributed by atoms with Gasteiger partial charge in [-0.3, -0.25) is 4.79 Å². The summed E-state index contributed by atoms with van der Waals surface area (Å²) in [6, 6.07) is 12.5. The van der Waals surface area contributed by atoms with Crippen LogP contribution in [0.2, 0.25) is 0 Å². The first-order valence-electron chi connectivity index (χ1n) is 4.11. The third-order valence-corrected chi connectivity index (χ3v) is 0.910. The van der Waals surface area contributed by atoms with Gasteiger partial charge in [0.25, 0.3) is 0 Å². The Labute approximate surface area is 116 Å². The topological polar surface area (TPSA) is 37.3 Å². The predicted octanol–water partition coefficient (Wildman–Crippen LogP) is 2.43. The number of carboxylic acid groups (broad SMARTS) is 1. The molecule has 0 unspecified atom stereocenters. The molecule has 0 atom stereocenters. The first kappa shape index (κ1) is 19.5. The second-order valence-electron chi connectivity index (χ2n) is 1.82. The van der Waals surface area contributed by atoms with Crippen LogP contribution < -0.4 is 0 Å². The maximum atomic E-state index is 9.37. The fraction of sp³-hybridized carbons (Fsp3) is 0.273. The van der Waals surface area contributed by atoms with Crippen LogP contribution in [0, 0.1) is 13.0 Å². The number of benzene rings is 1. The Hall–Kier alpha value is -0.0503. The van der Waals surface area contributed by atoms with Gasteiger partial charge in [0.2, 0.25) is 0 Å². The number of hydrogen-bond acceptors (Lipinski definition) is 1. The van der Waals surface area contributed by atoms with Crippen LogP contribution in [0.3, 0.4) is 0 Å². The molecule has 0 saturated carbocycles. The molecule has 0 aliphatic rings. The minimum atomic E-state index is -0.745. The first-order valence-corrected chi connectivity index (χ1v) is 4.11. The van der Waals surface area contributed by atoms with Crippen molar-refractivity contribution in [1.82, 2.24) is 0 Å². The zero-order valence-corrected chi connectivity index (χ0v) is 11.1. The molecule has 74 valence electrons. The number of carbonyl (C=O) groups is 1. The number of hydrogen-bond donors (Lipinski definition) is 1. The van der Waals surface area contributed by atoms with Gasteiger partial charge in [-0.25, -0.2) is 0 Å². The fourth-order valence-corrected chi connectivity index (χ4v) is 0.342. The van der Waals surface area contributed by atoms with E-state index in [2.05, 4.69) is 13.0 Å². The van der Waals surface area contributed by atoms with Crippen molar-refractivity contribution in [2.24, 2.45) is 0 Å². The summed E-state index contributed by atoms with van der Waals surface area (Å²) in [6.07, 6.45) is 0.222. The van der Waals surface area contributed by atoms with Crippen molar-refractivity contribution in [3.8, 4) is 0 Å². The second-order valence-corrected chi connectivity index (χ2v) is 1.82. The third kappa shape index (κ3) is 22.7. The zero-order valence-electron chi connectivity index (χ0n) is 8.86. The summed E-state index contributed by atoms with van der Waals surface area (Å²) in [5.41, 5.74) is 0. The van der Waals surface area contributed by atoms with E-state index in [-0.39, 0.29) is 44.2 Å². The molecular formula is C11H16CaO2. The average molecular weight is 220 g/mol. The van der Waals surface area contributed by atoms with E-state index in [0.29, 0.717) is 0 Å².